The fourth-order valence-electron chi connectivity index (χ4n) is 8.70. The van der Waals surface area contributed by atoms with E-state index >= 15 is 0 Å². The van der Waals surface area contributed by atoms with E-state index in [0.717, 1.165) is 38.5 Å². The molecule has 0 heterocycles. The van der Waals surface area contributed by atoms with Crippen molar-refractivity contribution in [3.05, 3.63) is 0 Å². The average molecular weight is 409 g/mol. The number of fused-ring (bicyclic) bond motifs is 5. The molecule has 5 nitrogen and oxygen atoms in total. The van der Waals surface area contributed by atoms with Gasteiger partial charge in [-0.15, -0.1) is 0 Å². The molecule has 0 saturated heterocycles. The molecule has 0 amide bonds. The van der Waals surface area contributed by atoms with Crippen molar-refractivity contribution in [1.82, 2.24) is 0 Å². The highest BCUT2D eigenvalue weighted by Gasteiger charge is 2.69. The topological polar surface area (TPSA) is 98.0 Å². The van der Waals surface area contributed by atoms with Gasteiger partial charge in [-0.2, -0.15) is 0 Å². The van der Waals surface area contributed by atoms with Gasteiger partial charge in [-0.1, -0.05) is 20.8 Å². The molecule has 4 aliphatic rings. The van der Waals surface area contributed by atoms with Gasteiger partial charge in [0.2, 0.25) is 0 Å². The minimum Gasteiger partial charge on any atom is -0.481 e. The van der Waals surface area contributed by atoms with Crippen molar-refractivity contribution in [3.63, 3.8) is 0 Å². The molecule has 5 heteroatoms. The Morgan fingerprint density at radius 1 is 1.07 bits per heavy atom. The third-order valence-corrected chi connectivity index (χ3v) is 10.4. The Morgan fingerprint density at radius 3 is 2.48 bits per heavy atom. The minimum absolute atomic E-state index is 0.0905. The molecule has 0 spiro atoms. The first-order valence-electron chi connectivity index (χ1n) is 11.8. The number of hydrogen-bond acceptors (Lipinski definition) is 4. The molecule has 4 saturated carbocycles. The summed E-state index contributed by atoms with van der Waals surface area (Å²) in [5, 5.41) is 42.7. The molecule has 0 aromatic rings. The van der Waals surface area contributed by atoms with E-state index in [2.05, 4.69) is 20.8 Å². The number of carboxylic acids is 1. The molecule has 0 aromatic heterocycles. The molecule has 4 N–H and O–H groups in total. The minimum atomic E-state index is -0.873. The van der Waals surface area contributed by atoms with Gasteiger partial charge < -0.3 is 20.4 Å². The maximum atomic E-state index is 12.2. The van der Waals surface area contributed by atoms with Crippen molar-refractivity contribution in [1.29, 1.82) is 0 Å². The van der Waals surface area contributed by atoms with E-state index in [1.807, 2.05) is 0 Å². The second kappa shape index (κ2) is 7.20. The van der Waals surface area contributed by atoms with Gasteiger partial charge in [0.15, 0.2) is 0 Å². The van der Waals surface area contributed by atoms with Crippen molar-refractivity contribution < 1.29 is 25.2 Å². The van der Waals surface area contributed by atoms with Crippen LogP contribution in [0.2, 0.25) is 0 Å². The lowest BCUT2D eigenvalue weighted by atomic mass is 9.42. The van der Waals surface area contributed by atoms with Gasteiger partial charge in [-0.25, -0.2) is 0 Å². The third-order valence-electron chi connectivity index (χ3n) is 10.4. The molecule has 4 rings (SSSR count). The number of hydrogen-bond donors (Lipinski definition) is 4. The van der Waals surface area contributed by atoms with Crippen LogP contribution in [0.3, 0.4) is 0 Å². The Balaban J connectivity index is 1.62. The molecule has 166 valence electrons. The maximum absolute atomic E-state index is 12.2. The zero-order chi connectivity index (χ0) is 21.2. The van der Waals surface area contributed by atoms with Gasteiger partial charge in [-0.3, -0.25) is 4.79 Å². The van der Waals surface area contributed by atoms with Crippen LogP contribution in [0.15, 0.2) is 0 Å². The van der Waals surface area contributed by atoms with E-state index in [4.69, 9.17) is 5.11 Å². The standard InChI is InChI=1S/C24H40O5/c1-14(4-5-20(27)28)17-8-11-24(29)21-18(7-10-23(17,24)3)22(2)9-6-16(25)12-15(22)13-19(21)26/h14-19,21,25-26,29H,4-13H2,1-3H3,(H,27,28)/t14-,15?,16?,17-,18+,19?,21+,22+,23-,24?/m1/s1. The average Bonchev–Trinajstić information content (AvgIpc) is 2.92. The fourth-order valence-corrected chi connectivity index (χ4v) is 8.70. The summed E-state index contributed by atoms with van der Waals surface area (Å²) in [6, 6.07) is 0. The lowest BCUT2D eigenvalue weighted by Gasteiger charge is -2.65. The molecular weight excluding hydrogens is 368 g/mol. The largest absolute Gasteiger partial charge is 0.481 e. The zero-order valence-electron chi connectivity index (χ0n) is 18.3. The summed E-state index contributed by atoms with van der Waals surface area (Å²) in [4.78, 5) is 11.1. The Kier molecular flexibility index (Phi) is 5.36. The van der Waals surface area contributed by atoms with E-state index in [-0.39, 0.29) is 35.2 Å². The number of carboxylic acid groups (broad SMARTS) is 1. The van der Waals surface area contributed by atoms with Crippen LogP contribution in [0.25, 0.3) is 0 Å². The van der Waals surface area contributed by atoms with Crippen LogP contribution in [0.1, 0.15) is 85.0 Å². The zero-order valence-corrected chi connectivity index (χ0v) is 18.3. The Morgan fingerprint density at radius 2 is 1.79 bits per heavy atom. The molecular formula is C24H40O5. The molecule has 4 unspecified atom stereocenters. The van der Waals surface area contributed by atoms with Crippen LogP contribution in [-0.4, -0.2) is 44.2 Å². The smallest absolute Gasteiger partial charge is 0.303 e. The molecule has 10 atom stereocenters. The van der Waals surface area contributed by atoms with Crippen LogP contribution in [0.4, 0.5) is 0 Å². The second-order valence-electron chi connectivity index (χ2n) is 11.5. The van der Waals surface area contributed by atoms with Crippen molar-refractivity contribution >= 4 is 5.97 Å². The highest BCUT2D eigenvalue weighted by atomic mass is 16.4. The van der Waals surface area contributed by atoms with Gasteiger partial charge in [0.1, 0.15) is 0 Å². The van der Waals surface area contributed by atoms with E-state index in [1.54, 1.807) is 0 Å². The van der Waals surface area contributed by atoms with Crippen molar-refractivity contribution in [2.75, 3.05) is 0 Å². The summed E-state index contributed by atoms with van der Waals surface area (Å²) in [7, 11) is 0. The Bertz CT molecular complexity index is 651. The molecule has 0 aromatic carbocycles. The fraction of sp³-hybridized carbons (Fsp3) is 0.958. The predicted molar refractivity (Wildman–Crippen MR) is 110 cm³/mol. The maximum Gasteiger partial charge on any atom is 0.303 e. The molecule has 0 bridgehead atoms. The van der Waals surface area contributed by atoms with Gasteiger partial charge in [0, 0.05) is 12.3 Å². The van der Waals surface area contributed by atoms with Crippen molar-refractivity contribution in [2.45, 2.75) is 103 Å². The van der Waals surface area contributed by atoms with Crippen LogP contribution >= 0.6 is 0 Å². The number of aliphatic hydroxyl groups excluding tert-OH is 2. The number of rotatable bonds is 4. The summed E-state index contributed by atoms with van der Waals surface area (Å²) in [5.74, 6) is 0.348. The third kappa shape index (κ3) is 3.10. The van der Waals surface area contributed by atoms with Crippen LogP contribution in [0, 0.1) is 40.4 Å². The van der Waals surface area contributed by atoms with Crippen molar-refractivity contribution in [3.8, 4) is 0 Å². The van der Waals surface area contributed by atoms with E-state index in [0.29, 0.717) is 37.0 Å². The van der Waals surface area contributed by atoms with E-state index in [1.165, 1.54) is 0 Å². The first-order valence-corrected chi connectivity index (χ1v) is 11.8. The normalized spacial score (nSPS) is 52.9. The highest BCUT2D eigenvalue weighted by Crippen LogP contribution is 2.69. The Labute approximate surface area is 174 Å². The number of aliphatic carboxylic acids is 1. The Hall–Kier alpha value is -0.650. The molecule has 4 aliphatic carbocycles. The molecule has 4 fully saturated rings. The quantitative estimate of drug-likeness (QED) is 0.570. The predicted octanol–water partition coefficient (Wildman–Crippen LogP) is 3.59. The molecule has 0 radical (unpaired) electrons. The van der Waals surface area contributed by atoms with Gasteiger partial charge in [-0.05, 0) is 92.3 Å². The van der Waals surface area contributed by atoms with Crippen LogP contribution in [0.5, 0.6) is 0 Å². The van der Waals surface area contributed by atoms with Gasteiger partial charge in [0.05, 0.1) is 17.8 Å². The van der Waals surface area contributed by atoms with E-state index < -0.39 is 17.7 Å². The lowest BCUT2D eigenvalue weighted by Crippen LogP contribution is -2.66. The van der Waals surface area contributed by atoms with E-state index in [9.17, 15) is 20.1 Å². The molecule has 0 aliphatic heterocycles. The van der Waals surface area contributed by atoms with Crippen molar-refractivity contribution in [2.24, 2.45) is 40.4 Å². The van der Waals surface area contributed by atoms with Crippen LogP contribution < -0.4 is 0 Å². The SMILES string of the molecule is C[C@H](CCC(=O)O)[C@H]1CCC2(O)[C@@H]3C(O)CC4CC(O)CC[C@]4(C)[C@H]3CC[C@]12C. The monoisotopic (exact) mass is 408 g/mol. The number of aliphatic hydroxyl groups is 3. The second-order valence-corrected chi connectivity index (χ2v) is 11.5. The summed E-state index contributed by atoms with van der Waals surface area (Å²) in [5.41, 5.74) is -1.04. The lowest BCUT2D eigenvalue weighted by molar-refractivity contribution is -0.244. The van der Waals surface area contributed by atoms with Crippen LogP contribution in [-0.2, 0) is 4.79 Å². The number of carbonyl (C=O) groups is 1. The summed E-state index contributed by atoms with van der Waals surface area (Å²) < 4.78 is 0. The summed E-state index contributed by atoms with van der Waals surface area (Å²) >= 11 is 0. The molecule has 29 heavy (non-hydrogen) atoms. The first kappa shape index (κ1) is 21.6. The summed E-state index contributed by atoms with van der Waals surface area (Å²) in [6.07, 6.45) is 6.96. The highest BCUT2D eigenvalue weighted by molar-refractivity contribution is 5.66. The first-order chi connectivity index (χ1) is 13.5. The summed E-state index contributed by atoms with van der Waals surface area (Å²) in [6.45, 7) is 6.71. The van der Waals surface area contributed by atoms with Gasteiger partial charge >= 0.3 is 5.97 Å². The van der Waals surface area contributed by atoms with Gasteiger partial charge in [0.25, 0.3) is 0 Å².